The van der Waals surface area contributed by atoms with Gasteiger partial charge in [-0.2, -0.15) is 0 Å². The van der Waals surface area contributed by atoms with Crippen LogP contribution in [0.5, 0.6) is 0 Å². The van der Waals surface area contributed by atoms with E-state index in [4.69, 9.17) is 0 Å². The highest BCUT2D eigenvalue weighted by Gasteiger charge is 2.17. The molecule has 0 heteroatoms. The smallest absolute Gasteiger partial charge is 0.00261 e. The Hall–Kier alpha value is -5.46. The summed E-state index contributed by atoms with van der Waals surface area (Å²) in [6.07, 6.45) is 1.25. The fraction of sp³-hybridized carbons (Fsp3) is 0.0870. The largest absolute Gasteiger partial charge is 0.0656 e. The van der Waals surface area contributed by atoms with Gasteiger partial charge in [0.1, 0.15) is 0 Å². The first kappa shape index (κ1) is 28.0. The SMILES string of the molecule is CCC.Cc1cccc2cc(-c3c4ccccc4c(-c4ccc5ccc6ccc7ccccc7c6c5c4)c4ccccc34)ccc12. The second kappa shape index (κ2) is 11.5. The van der Waals surface area contributed by atoms with Crippen molar-refractivity contribution >= 4 is 64.6 Å². The number of hydrogen-bond donors (Lipinski definition) is 0. The number of hydrogen-bond acceptors (Lipinski definition) is 0. The third-order valence-electron chi connectivity index (χ3n) is 9.33. The molecule has 0 amide bonds. The highest BCUT2D eigenvalue weighted by molar-refractivity contribution is 6.24. The summed E-state index contributed by atoms with van der Waals surface area (Å²) >= 11 is 0. The van der Waals surface area contributed by atoms with Crippen LogP contribution in [-0.4, -0.2) is 0 Å². The summed E-state index contributed by atoms with van der Waals surface area (Å²) in [6.45, 7) is 6.44. The van der Waals surface area contributed by atoms with E-state index in [9.17, 15) is 0 Å². The van der Waals surface area contributed by atoms with Crippen LogP contribution in [0.3, 0.4) is 0 Å². The fourth-order valence-corrected chi connectivity index (χ4v) is 7.33. The van der Waals surface area contributed by atoms with Crippen LogP contribution in [0.25, 0.3) is 86.9 Å². The van der Waals surface area contributed by atoms with Crippen LogP contribution in [0.2, 0.25) is 0 Å². The van der Waals surface area contributed by atoms with Crippen molar-refractivity contribution in [1.82, 2.24) is 0 Å². The highest BCUT2D eigenvalue weighted by atomic mass is 14.2. The van der Waals surface area contributed by atoms with Crippen molar-refractivity contribution in [2.45, 2.75) is 27.2 Å². The minimum Gasteiger partial charge on any atom is -0.0656 e. The average Bonchev–Trinajstić information content (AvgIpc) is 3.10. The molecule has 0 fully saturated rings. The number of aryl methyl sites for hydroxylation is 1. The maximum Gasteiger partial charge on any atom is -0.00261 e. The molecule has 0 radical (unpaired) electrons. The van der Waals surface area contributed by atoms with E-state index in [0.717, 1.165) is 0 Å². The minimum atomic E-state index is 1.25. The molecule has 220 valence electrons. The molecule has 0 heterocycles. The summed E-state index contributed by atoms with van der Waals surface area (Å²) in [5, 5.41) is 15.5. The zero-order valence-electron chi connectivity index (χ0n) is 26.6. The number of rotatable bonds is 2. The number of benzene rings is 9. The lowest BCUT2D eigenvalue weighted by atomic mass is 9.84. The van der Waals surface area contributed by atoms with Crippen molar-refractivity contribution in [3.05, 3.63) is 157 Å². The van der Waals surface area contributed by atoms with Gasteiger partial charge in [-0.3, -0.25) is 0 Å². The van der Waals surface area contributed by atoms with Gasteiger partial charge >= 0.3 is 0 Å². The molecule has 0 spiro atoms. The summed E-state index contributed by atoms with van der Waals surface area (Å²) in [5.41, 5.74) is 6.42. The Morgan fingerprint density at radius 1 is 0.348 bits per heavy atom. The zero-order chi connectivity index (χ0) is 31.2. The maximum absolute atomic E-state index is 2.43. The van der Waals surface area contributed by atoms with Crippen LogP contribution in [0, 0.1) is 6.92 Å². The van der Waals surface area contributed by atoms with Gasteiger partial charge in [-0.05, 0) is 112 Å². The molecule has 0 N–H and O–H groups in total. The van der Waals surface area contributed by atoms with Crippen LogP contribution in [0.1, 0.15) is 25.8 Å². The van der Waals surface area contributed by atoms with E-state index < -0.39 is 0 Å². The van der Waals surface area contributed by atoms with Gasteiger partial charge in [0.2, 0.25) is 0 Å². The second-order valence-corrected chi connectivity index (χ2v) is 12.4. The molecule has 0 nitrogen and oxygen atoms in total. The van der Waals surface area contributed by atoms with Crippen molar-refractivity contribution in [1.29, 1.82) is 0 Å². The van der Waals surface area contributed by atoms with Gasteiger partial charge in [-0.15, -0.1) is 0 Å². The predicted octanol–water partition coefficient (Wildman–Crippen LogP) is 13.7. The average molecular weight is 589 g/mol. The van der Waals surface area contributed by atoms with Gasteiger partial charge in [0.15, 0.2) is 0 Å². The van der Waals surface area contributed by atoms with Crippen molar-refractivity contribution in [2.75, 3.05) is 0 Å². The maximum atomic E-state index is 2.43. The molecular formula is C46H36. The molecule has 0 saturated heterocycles. The highest BCUT2D eigenvalue weighted by Crippen LogP contribution is 2.45. The molecule has 0 unspecified atom stereocenters. The molecule has 46 heavy (non-hydrogen) atoms. The molecule has 0 saturated carbocycles. The third-order valence-corrected chi connectivity index (χ3v) is 9.33. The molecule has 9 aromatic carbocycles. The van der Waals surface area contributed by atoms with E-state index >= 15 is 0 Å². The van der Waals surface area contributed by atoms with Crippen LogP contribution in [-0.2, 0) is 0 Å². The molecule has 0 aliphatic rings. The van der Waals surface area contributed by atoms with Crippen LogP contribution < -0.4 is 0 Å². The fourth-order valence-electron chi connectivity index (χ4n) is 7.33. The zero-order valence-corrected chi connectivity index (χ0v) is 26.6. The molecule has 0 aliphatic carbocycles. The Morgan fingerprint density at radius 3 is 1.43 bits per heavy atom. The second-order valence-electron chi connectivity index (χ2n) is 12.4. The Bertz CT molecular complexity index is 2520. The lowest BCUT2D eigenvalue weighted by Crippen LogP contribution is -1.91. The molecule has 0 aromatic heterocycles. The summed E-state index contributed by atoms with van der Waals surface area (Å²) in [7, 11) is 0. The first-order valence-corrected chi connectivity index (χ1v) is 16.4. The molecule has 0 bridgehead atoms. The van der Waals surface area contributed by atoms with E-state index in [2.05, 4.69) is 172 Å². The van der Waals surface area contributed by atoms with Crippen LogP contribution in [0.15, 0.2) is 152 Å². The van der Waals surface area contributed by atoms with Crippen LogP contribution in [0.4, 0.5) is 0 Å². The van der Waals surface area contributed by atoms with Gasteiger partial charge in [0.25, 0.3) is 0 Å². The van der Waals surface area contributed by atoms with E-state index in [1.807, 2.05) is 0 Å². The van der Waals surface area contributed by atoms with Gasteiger partial charge in [-0.25, -0.2) is 0 Å². The summed E-state index contributed by atoms with van der Waals surface area (Å²) in [5.74, 6) is 0. The standard InChI is InChI=1S/C43H28.C3H8/c1-27-9-8-11-31-25-32(23-24-34(27)31)42-36-13-4-6-15-38(36)43(39-16-7-5-14-37(39)42)33-22-19-29-18-21-30-20-17-28-10-2-3-12-35(28)41(30)40(29)26-33;1-3-2/h2-26H,1H3;3H2,1-2H3. The van der Waals surface area contributed by atoms with Crippen LogP contribution >= 0.6 is 0 Å². The molecule has 0 atom stereocenters. The Balaban J connectivity index is 0.00000100. The lowest BCUT2D eigenvalue weighted by molar-refractivity contribution is 1.09. The van der Waals surface area contributed by atoms with E-state index in [1.165, 1.54) is 98.9 Å². The topological polar surface area (TPSA) is 0 Å². The first-order chi connectivity index (χ1) is 22.7. The van der Waals surface area contributed by atoms with Gasteiger partial charge in [0, 0.05) is 0 Å². The Labute approximate surface area is 270 Å². The van der Waals surface area contributed by atoms with Crippen molar-refractivity contribution in [3.8, 4) is 22.3 Å². The van der Waals surface area contributed by atoms with Crippen molar-refractivity contribution in [2.24, 2.45) is 0 Å². The van der Waals surface area contributed by atoms with Crippen molar-refractivity contribution in [3.63, 3.8) is 0 Å². The van der Waals surface area contributed by atoms with E-state index in [1.54, 1.807) is 0 Å². The molecule has 9 rings (SSSR count). The summed E-state index contributed by atoms with van der Waals surface area (Å²) in [4.78, 5) is 0. The Morgan fingerprint density at radius 2 is 0.804 bits per heavy atom. The van der Waals surface area contributed by atoms with Gasteiger partial charge in [-0.1, -0.05) is 160 Å². The minimum absolute atomic E-state index is 1.25. The number of fused-ring (bicyclic) bond motifs is 8. The first-order valence-electron chi connectivity index (χ1n) is 16.4. The monoisotopic (exact) mass is 588 g/mol. The van der Waals surface area contributed by atoms with E-state index in [0.29, 0.717) is 0 Å². The summed E-state index contributed by atoms with van der Waals surface area (Å²) in [6, 6.07) is 56.2. The lowest BCUT2D eigenvalue weighted by Gasteiger charge is -2.19. The van der Waals surface area contributed by atoms with Gasteiger partial charge in [0.05, 0.1) is 0 Å². The molecular weight excluding hydrogens is 553 g/mol. The molecule has 0 aliphatic heterocycles. The predicted molar refractivity (Wildman–Crippen MR) is 203 cm³/mol. The van der Waals surface area contributed by atoms with E-state index in [-0.39, 0.29) is 0 Å². The molecule has 9 aromatic rings. The Kier molecular flexibility index (Phi) is 7.00. The normalized spacial score (nSPS) is 11.5. The van der Waals surface area contributed by atoms with Gasteiger partial charge < -0.3 is 0 Å². The quantitative estimate of drug-likeness (QED) is 0.139. The summed E-state index contributed by atoms with van der Waals surface area (Å²) < 4.78 is 0. The van der Waals surface area contributed by atoms with Crippen molar-refractivity contribution < 1.29 is 0 Å². The third kappa shape index (κ3) is 4.53.